The van der Waals surface area contributed by atoms with E-state index in [9.17, 15) is 25.0 Å². The number of amides is 1. The normalized spacial score (nSPS) is 10.4. The van der Waals surface area contributed by atoms with Crippen molar-refractivity contribution in [1.29, 1.82) is 0 Å². The number of nitrogens with zero attached hydrogens (tertiary/aromatic N) is 3. The van der Waals surface area contributed by atoms with E-state index in [0.29, 0.717) is 10.9 Å². The van der Waals surface area contributed by atoms with Gasteiger partial charge in [-0.3, -0.25) is 30.0 Å². The van der Waals surface area contributed by atoms with E-state index >= 15 is 0 Å². The van der Waals surface area contributed by atoms with Crippen molar-refractivity contribution in [3.05, 3.63) is 80.5 Å². The van der Waals surface area contributed by atoms with Crippen molar-refractivity contribution in [2.24, 2.45) is 0 Å². The summed E-state index contributed by atoms with van der Waals surface area (Å²) in [5.74, 6) is -0.616. The van der Waals surface area contributed by atoms with Gasteiger partial charge in [0.15, 0.2) is 0 Å². The molecule has 124 valence electrons. The minimum atomic E-state index is -0.616. The first-order valence-corrected chi connectivity index (χ1v) is 7.05. The van der Waals surface area contributed by atoms with Crippen LogP contribution in [0.4, 0.5) is 17.1 Å². The van der Waals surface area contributed by atoms with Crippen LogP contribution in [0, 0.1) is 20.2 Å². The Bertz CT molecular complexity index is 1000. The fourth-order valence-electron chi connectivity index (χ4n) is 2.34. The zero-order valence-electron chi connectivity index (χ0n) is 12.6. The molecule has 0 fully saturated rings. The summed E-state index contributed by atoms with van der Waals surface area (Å²) >= 11 is 0. The van der Waals surface area contributed by atoms with Crippen molar-refractivity contribution in [1.82, 2.24) is 4.98 Å². The summed E-state index contributed by atoms with van der Waals surface area (Å²) in [6, 6.07) is 10.9. The van der Waals surface area contributed by atoms with Crippen LogP contribution >= 0.6 is 0 Å². The molecule has 1 aromatic heterocycles. The molecule has 0 aliphatic heterocycles. The zero-order valence-corrected chi connectivity index (χ0v) is 12.6. The van der Waals surface area contributed by atoms with E-state index in [1.54, 1.807) is 12.1 Å². The number of nitro benzene ring substituents is 2. The number of hydrogen-bond donors (Lipinski definition) is 1. The topological polar surface area (TPSA) is 128 Å². The lowest BCUT2D eigenvalue weighted by Crippen LogP contribution is -2.13. The van der Waals surface area contributed by atoms with E-state index in [2.05, 4.69) is 10.3 Å². The lowest BCUT2D eigenvalue weighted by atomic mass is 10.1. The first-order chi connectivity index (χ1) is 12.0. The van der Waals surface area contributed by atoms with Crippen LogP contribution in [0.2, 0.25) is 0 Å². The molecule has 0 aliphatic rings. The molecule has 3 aromatic rings. The Kier molecular flexibility index (Phi) is 4.04. The minimum Gasteiger partial charge on any atom is -0.316 e. The van der Waals surface area contributed by atoms with Crippen LogP contribution in [0.3, 0.4) is 0 Å². The lowest BCUT2D eigenvalue weighted by molar-refractivity contribution is -0.384. The molecule has 0 atom stereocenters. The number of aromatic nitrogens is 1. The monoisotopic (exact) mass is 338 g/mol. The number of anilines is 1. The Balaban J connectivity index is 2.01. The summed E-state index contributed by atoms with van der Waals surface area (Å²) in [4.78, 5) is 37.2. The van der Waals surface area contributed by atoms with Gasteiger partial charge in [-0.1, -0.05) is 0 Å². The molecular weight excluding hydrogens is 328 g/mol. The number of hydrogen-bond acceptors (Lipinski definition) is 6. The smallest absolute Gasteiger partial charge is 0.293 e. The molecule has 9 heteroatoms. The summed E-state index contributed by atoms with van der Waals surface area (Å²) < 4.78 is 0. The number of carbonyl (C=O) groups excluding carboxylic acids is 1. The maximum Gasteiger partial charge on any atom is 0.293 e. The highest BCUT2D eigenvalue weighted by Crippen LogP contribution is 2.32. The summed E-state index contributed by atoms with van der Waals surface area (Å²) in [6.45, 7) is 0. The standard InChI is InChI=1S/C16H10N4O5/c21-16(10-3-5-11(6-4-10)19(22)23)18-15-12-2-1-9-17-13(12)7-8-14(15)20(24)25/h1-9H,(H,18,21). The fraction of sp³-hybridized carbons (Fsp3) is 0. The Morgan fingerprint density at radius 3 is 2.32 bits per heavy atom. The third-order valence-electron chi connectivity index (χ3n) is 3.54. The van der Waals surface area contributed by atoms with Crippen LogP contribution in [0.25, 0.3) is 10.9 Å². The number of non-ortho nitro benzene ring substituents is 1. The molecule has 3 rings (SSSR count). The van der Waals surface area contributed by atoms with Gasteiger partial charge in [-0.15, -0.1) is 0 Å². The predicted molar refractivity (Wildman–Crippen MR) is 89.4 cm³/mol. The molecule has 25 heavy (non-hydrogen) atoms. The van der Waals surface area contributed by atoms with Gasteiger partial charge in [0.2, 0.25) is 0 Å². The van der Waals surface area contributed by atoms with E-state index < -0.39 is 15.8 Å². The van der Waals surface area contributed by atoms with Crippen LogP contribution in [0.1, 0.15) is 10.4 Å². The number of fused-ring (bicyclic) bond motifs is 1. The van der Waals surface area contributed by atoms with Gasteiger partial charge in [0.1, 0.15) is 5.69 Å². The van der Waals surface area contributed by atoms with Crippen molar-refractivity contribution >= 4 is 33.9 Å². The van der Waals surface area contributed by atoms with Crippen LogP contribution < -0.4 is 5.32 Å². The van der Waals surface area contributed by atoms with E-state index in [4.69, 9.17) is 0 Å². The molecule has 1 N–H and O–H groups in total. The van der Waals surface area contributed by atoms with Crippen molar-refractivity contribution in [2.45, 2.75) is 0 Å². The van der Waals surface area contributed by atoms with Crippen LogP contribution in [0.15, 0.2) is 54.7 Å². The van der Waals surface area contributed by atoms with E-state index in [0.717, 1.165) is 0 Å². The third kappa shape index (κ3) is 3.11. The minimum absolute atomic E-state index is 0.0268. The number of benzene rings is 2. The van der Waals surface area contributed by atoms with Gasteiger partial charge in [0.05, 0.1) is 15.4 Å². The van der Waals surface area contributed by atoms with Crippen LogP contribution in [-0.4, -0.2) is 20.7 Å². The van der Waals surface area contributed by atoms with Gasteiger partial charge in [-0.25, -0.2) is 0 Å². The number of carbonyl (C=O) groups is 1. The average Bonchev–Trinajstić information content (AvgIpc) is 2.61. The van der Waals surface area contributed by atoms with Crippen molar-refractivity contribution in [3.8, 4) is 0 Å². The predicted octanol–water partition coefficient (Wildman–Crippen LogP) is 3.30. The van der Waals surface area contributed by atoms with Gasteiger partial charge >= 0.3 is 0 Å². The molecule has 0 aliphatic carbocycles. The third-order valence-corrected chi connectivity index (χ3v) is 3.54. The highest BCUT2D eigenvalue weighted by atomic mass is 16.6. The molecule has 1 amide bonds. The Morgan fingerprint density at radius 1 is 0.960 bits per heavy atom. The maximum absolute atomic E-state index is 12.4. The second-order valence-corrected chi connectivity index (χ2v) is 5.04. The Labute approximate surface area is 140 Å². The van der Waals surface area contributed by atoms with Gasteiger partial charge in [-0.2, -0.15) is 0 Å². The zero-order chi connectivity index (χ0) is 18.0. The second kappa shape index (κ2) is 6.32. The summed E-state index contributed by atoms with van der Waals surface area (Å²) in [5.41, 5.74) is 0.236. The van der Waals surface area contributed by atoms with Crippen molar-refractivity contribution < 1.29 is 14.6 Å². The highest BCUT2D eigenvalue weighted by molar-refractivity contribution is 6.11. The highest BCUT2D eigenvalue weighted by Gasteiger charge is 2.20. The molecule has 1 heterocycles. The van der Waals surface area contributed by atoms with E-state index in [-0.39, 0.29) is 22.6 Å². The van der Waals surface area contributed by atoms with Crippen LogP contribution in [0.5, 0.6) is 0 Å². The molecule has 0 unspecified atom stereocenters. The van der Waals surface area contributed by atoms with Gasteiger partial charge in [0, 0.05) is 35.3 Å². The number of rotatable bonds is 4. The first kappa shape index (κ1) is 16.0. The fourth-order valence-corrected chi connectivity index (χ4v) is 2.34. The Morgan fingerprint density at radius 2 is 1.68 bits per heavy atom. The van der Waals surface area contributed by atoms with E-state index in [1.807, 2.05) is 0 Å². The molecule has 0 spiro atoms. The first-order valence-electron chi connectivity index (χ1n) is 7.05. The lowest BCUT2D eigenvalue weighted by Gasteiger charge is -2.09. The molecular formula is C16H10N4O5. The number of nitro groups is 2. The molecule has 0 saturated heterocycles. The summed E-state index contributed by atoms with van der Waals surface area (Å²) in [6.07, 6.45) is 1.54. The molecule has 9 nitrogen and oxygen atoms in total. The van der Waals surface area contributed by atoms with Gasteiger partial charge in [0.25, 0.3) is 17.3 Å². The van der Waals surface area contributed by atoms with Crippen molar-refractivity contribution in [3.63, 3.8) is 0 Å². The number of pyridine rings is 1. The maximum atomic E-state index is 12.4. The molecule has 0 saturated carbocycles. The summed E-state index contributed by atoms with van der Waals surface area (Å²) in [5, 5.41) is 24.9. The number of nitrogens with one attached hydrogen (secondary N) is 1. The molecule has 0 radical (unpaired) electrons. The second-order valence-electron chi connectivity index (χ2n) is 5.04. The van der Waals surface area contributed by atoms with Crippen LogP contribution in [-0.2, 0) is 0 Å². The van der Waals surface area contributed by atoms with Gasteiger partial charge in [-0.05, 0) is 30.3 Å². The Hall–Kier alpha value is -3.88. The molecule has 2 aromatic carbocycles. The largest absolute Gasteiger partial charge is 0.316 e. The van der Waals surface area contributed by atoms with Crippen molar-refractivity contribution in [2.75, 3.05) is 5.32 Å². The van der Waals surface area contributed by atoms with E-state index in [1.165, 1.54) is 42.6 Å². The SMILES string of the molecule is O=C(Nc1c([N+](=O)[O-])ccc2ncccc12)c1ccc([N+](=O)[O-])cc1. The quantitative estimate of drug-likeness (QED) is 0.574. The average molecular weight is 338 g/mol. The molecule has 0 bridgehead atoms. The van der Waals surface area contributed by atoms with Gasteiger partial charge < -0.3 is 5.32 Å². The summed E-state index contributed by atoms with van der Waals surface area (Å²) in [7, 11) is 0.